The summed E-state index contributed by atoms with van der Waals surface area (Å²) in [5.41, 5.74) is 0. The first-order chi connectivity index (χ1) is 5.70. The summed E-state index contributed by atoms with van der Waals surface area (Å²) in [6, 6.07) is 0. The van der Waals surface area contributed by atoms with Crippen molar-refractivity contribution in [3.63, 3.8) is 0 Å². The monoisotopic (exact) mass is 172 g/mol. The molecule has 0 aliphatic carbocycles. The van der Waals surface area contributed by atoms with Crippen molar-refractivity contribution in [1.82, 2.24) is 10.3 Å². The molecule has 1 aliphatic heterocycles. The van der Waals surface area contributed by atoms with Crippen LogP contribution >= 0.6 is 0 Å². The predicted molar refractivity (Wildman–Crippen MR) is 43.7 cm³/mol. The zero-order valence-electron chi connectivity index (χ0n) is 6.66. The first kappa shape index (κ1) is 8.95. The normalized spacial score (nSPS) is 21.4. The van der Waals surface area contributed by atoms with E-state index >= 15 is 0 Å². The van der Waals surface area contributed by atoms with Crippen molar-refractivity contribution in [3.05, 3.63) is 0 Å². The number of nitrogens with two attached hydrogens (primary N) is 1. The molecular weight excluding hydrogens is 160 g/mol. The molecule has 0 saturated carbocycles. The van der Waals surface area contributed by atoms with Gasteiger partial charge in [-0.15, -0.1) is 0 Å². The highest BCUT2D eigenvalue weighted by Crippen LogP contribution is 1.89. The van der Waals surface area contributed by atoms with Crippen LogP contribution in [0.2, 0.25) is 0 Å². The highest BCUT2D eigenvalue weighted by molar-refractivity contribution is 5.86. The first-order valence-electron chi connectivity index (χ1n) is 3.68. The Morgan fingerprint density at radius 3 is 3.17 bits per heavy atom. The summed E-state index contributed by atoms with van der Waals surface area (Å²) in [6.07, 6.45) is 0. The second kappa shape index (κ2) is 4.03. The fraction of sp³-hybridized carbons (Fsp3) is 0.667. The summed E-state index contributed by atoms with van der Waals surface area (Å²) in [7, 11) is 0. The van der Waals surface area contributed by atoms with Crippen molar-refractivity contribution in [2.24, 2.45) is 10.8 Å². The third-order valence-electron chi connectivity index (χ3n) is 1.54. The van der Waals surface area contributed by atoms with Gasteiger partial charge in [0.25, 0.3) is 0 Å². The van der Waals surface area contributed by atoms with E-state index in [1.165, 1.54) is 5.01 Å². The fourth-order valence-electron chi connectivity index (χ4n) is 0.936. The van der Waals surface area contributed by atoms with Crippen molar-refractivity contribution in [2.45, 2.75) is 0 Å². The van der Waals surface area contributed by atoms with Crippen LogP contribution < -0.4 is 11.2 Å². The SMILES string of the molecule is NN1CCNCC1=NCC(=O)O. The van der Waals surface area contributed by atoms with Crippen molar-refractivity contribution in [3.8, 4) is 0 Å². The number of amidine groups is 1. The molecule has 1 rings (SSSR count). The van der Waals surface area contributed by atoms with Crippen molar-refractivity contribution < 1.29 is 9.90 Å². The van der Waals surface area contributed by atoms with Gasteiger partial charge in [-0.2, -0.15) is 0 Å². The van der Waals surface area contributed by atoms with Crippen molar-refractivity contribution in [1.29, 1.82) is 0 Å². The van der Waals surface area contributed by atoms with Gasteiger partial charge in [0.2, 0.25) is 0 Å². The van der Waals surface area contributed by atoms with E-state index < -0.39 is 5.97 Å². The Kier molecular flexibility index (Phi) is 3.01. The van der Waals surface area contributed by atoms with Crippen LogP contribution in [0.1, 0.15) is 0 Å². The summed E-state index contributed by atoms with van der Waals surface area (Å²) < 4.78 is 0. The molecule has 0 unspecified atom stereocenters. The zero-order valence-corrected chi connectivity index (χ0v) is 6.66. The average Bonchev–Trinajstić information content (AvgIpc) is 2.03. The molecule has 1 fully saturated rings. The van der Waals surface area contributed by atoms with Crippen LogP contribution in [0.25, 0.3) is 0 Å². The molecule has 0 aromatic carbocycles. The topological polar surface area (TPSA) is 91.0 Å². The molecule has 0 spiro atoms. The number of nitrogens with one attached hydrogen (secondary N) is 1. The van der Waals surface area contributed by atoms with Crippen LogP contribution in [-0.2, 0) is 4.79 Å². The van der Waals surface area contributed by atoms with Crippen LogP contribution in [-0.4, -0.2) is 48.1 Å². The Morgan fingerprint density at radius 2 is 2.58 bits per heavy atom. The van der Waals surface area contributed by atoms with Crippen LogP contribution in [0.5, 0.6) is 0 Å². The predicted octanol–water partition coefficient (Wildman–Crippen LogP) is -1.75. The minimum Gasteiger partial charge on any atom is -0.480 e. The zero-order chi connectivity index (χ0) is 8.97. The molecule has 0 radical (unpaired) electrons. The van der Waals surface area contributed by atoms with Gasteiger partial charge >= 0.3 is 5.97 Å². The van der Waals surface area contributed by atoms with Gasteiger partial charge in [0.15, 0.2) is 0 Å². The molecule has 6 nitrogen and oxygen atoms in total. The molecule has 0 bridgehead atoms. The lowest BCUT2D eigenvalue weighted by atomic mass is 10.4. The Labute approximate surface area is 70.0 Å². The van der Waals surface area contributed by atoms with Gasteiger partial charge in [-0.05, 0) is 0 Å². The Hall–Kier alpha value is -1.14. The second-order valence-corrected chi connectivity index (χ2v) is 2.50. The van der Waals surface area contributed by atoms with Gasteiger partial charge in [-0.25, -0.2) is 5.84 Å². The number of carboxylic acids is 1. The van der Waals surface area contributed by atoms with E-state index in [4.69, 9.17) is 10.9 Å². The molecule has 0 atom stereocenters. The molecule has 0 aromatic rings. The van der Waals surface area contributed by atoms with Gasteiger partial charge in [-0.3, -0.25) is 14.8 Å². The lowest BCUT2D eigenvalue weighted by Gasteiger charge is -2.25. The Bertz CT molecular complexity index is 204. The van der Waals surface area contributed by atoms with E-state index in [1.54, 1.807) is 0 Å². The summed E-state index contributed by atoms with van der Waals surface area (Å²) in [4.78, 5) is 14.0. The number of hydrogen-bond acceptors (Lipinski definition) is 4. The van der Waals surface area contributed by atoms with E-state index in [0.29, 0.717) is 18.9 Å². The summed E-state index contributed by atoms with van der Waals surface area (Å²) in [6.45, 7) is 1.80. The standard InChI is InChI=1S/C6H12N4O2/c7-10-2-1-8-3-5(10)9-4-6(11)12/h8H,1-4,7H2,(H,11,12). The Morgan fingerprint density at radius 1 is 1.83 bits per heavy atom. The van der Waals surface area contributed by atoms with Gasteiger partial charge < -0.3 is 10.4 Å². The van der Waals surface area contributed by atoms with E-state index in [1.807, 2.05) is 0 Å². The highest BCUT2D eigenvalue weighted by Gasteiger charge is 2.11. The maximum atomic E-state index is 10.2. The van der Waals surface area contributed by atoms with Crippen LogP contribution in [0.3, 0.4) is 0 Å². The number of hydrogen-bond donors (Lipinski definition) is 3. The molecule has 68 valence electrons. The molecule has 1 saturated heterocycles. The van der Waals surface area contributed by atoms with E-state index in [9.17, 15) is 4.79 Å². The summed E-state index contributed by atoms with van der Waals surface area (Å²) >= 11 is 0. The van der Waals surface area contributed by atoms with Crippen molar-refractivity contribution in [2.75, 3.05) is 26.2 Å². The minimum absolute atomic E-state index is 0.218. The minimum atomic E-state index is -0.943. The van der Waals surface area contributed by atoms with E-state index in [0.717, 1.165) is 6.54 Å². The number of carboxylic acid groups (broad SMARTS) is 1. The van der Waals surface area contributed by atoms with Crippen LogP contribution in [0.4, 0.5) is 0 Å². The number of carbonyl (C=O) groups is 1. The molecule has 4 N–H and O–H groups in total. The number of nitrogens with zero attached hydrogens (tertiary/aromatic N) is 2. The highest BCUT2D eigenvalue weighted by atomic mass is 16.4. The Balaban J connectivity index is 2.47. The lowest BCUT2D eigenvalue weighted by Crippen LogP contribution is -2.51. The smallest absolute Gasteiger partial charge is 0.325 e. The van der Waals surface area contributed by atoms with Crippen LogP contribution in [0, 0.1) is 0 Å². The third kappa shape index (κ3) is 2.48. The largest absolute Gasteiger partial charge is 0.480 e. The molecular formula is C6H12N4O2. The van der Waals surface area contributed by atoms with Crippen LogP contribution in [0.15, 0.2) is 4.99 Å². The molecule has 0 aromatic heterocycles. The maximum absolute atomic E-state index is 10.2. The van der Waals surface area contributed by atoms with Gasteiger partial charge in [0.1, 0.15) is 12.4 Å². The molecule has 12 heavy (non-hydrogen) atoms. The molecule has 1 aliphatic rings. The summed E-state index contributed by atoms with van der Waals surface area (Å²) in [5.74, 6) is 5.19. The average molecular weight is 172 g/mol. The second-order valence-electron chi connectivity index (χ2n) is 2.50. The molecule has 0 amide bonds. The maximum Gasteiger partial charge on any atom is 0.325 e. The first-order valence-corrected chi connectivity index (χ1v) is 3.68. The van der Waals surface area contributed by atoms with Gasteiger partial charge in [0.05, 0.1) is 6.54 Å². The molecule has 1 heterocycles. The summed E-state index contributed by atoms with van der Waals surface area (Å²) in [5, 5.41) is 12.9. The number of hydrazine groups is 1. The van der Waals surface area contributed by atoms with Gasteiger partial charge in [0, 0.05) is 13.1 Å². The van der Waals surface area contributed by atoms with E-state index in [-0.39, 0.29) is 6.54 Å². The number of aliphatic carboxylic acids is 1. The molecule has 6 heteroatoms. The number of rotatable bonds is 2. The third-order valence-corrected chi connectivity index (χ3v) is 1.54. The number of aliphatic imine (C=N–C) groups is 1. The van der Waals surface area contributed by atoms with E-state index in [2.05, 4.69) is 10.3 Å². The van der Waals surface area contributed by atoms with Gasteiger partial charge in [-0.1, -0.05) is 0 Å². The lowest BCUT2D eigenvalue weighted by molar-refractivity contribution is -0.135. The number of piperazine rings is 1. The van der Waals surface area contributed by atoms with Crippen molar-refractivity contribution >= 4 is 11.8 Å². The quantitative estimate of drug-likeness (QED) is 0.430. The fourth-order valence-corrected chi connectivity index (χ4v) is 0.936.